The molecule has 0 unspecified atom stereocenters. The highest BCUT2D eigenvalue weighted by atomic mass is 32.2. The lowest BCUT2D eigenvalue weighted by Gasteiger charge is -2.10. The topological polar surface area (TPSA) is 72.2 Å². The Hall–Kier alpha value is -2.32. The summed E-state index contributed by atoms with van der Waals surface area (Å²) in [4.78, 5) is 34.5. The van der Waals surface area contributed by atoms with Crippen molar-refractivity contribution in [2.45, 2.75) is 44.4 Å². The minimum Gasteiger partial charge on any atom is -0.306 e. The maximum atomic E-state index is 12.6. The molecule has 0 radical (unpaired) electrons. The summed E-state index contributed by atoms with van der Waals surface area (Å²) < 4.78 is 3.61. The summed E-state index contributed by atoms with van der Waals surface area (Å²) in [6.07, 6.45) is 5.30. The zero-order valence-electron chi connectivity index (χ0n) is 16.0. The SMILES string of the molecule is O=c1[nH]c2ccccc2n1CCCSCc1cc(=O)n2c3c(sc2n1)CCCC3. The second-order valence-corrected chi connectivity index (χ2v) is 9.56. The number of thiazole rings is 1. The number of hydrogen-bond donors (Lipinski definition) is 1. The monoisotopic (exact) mass is 426 g/mol. The molecule has 8 heteroatoms. The van der Waals surface area contributed by atoms with Crippen molar-refractivity contribution in [2.24, 2.45) is 0 Å². The van der Waals surface area contributed by atoms with E-state index in [9.17, 15) is 9.59 Å². The highest BCUT2D eigenvalue weighted by Crippen LogP contribution is 2.28. The summed E-state index contributed by atoms with van der Waals surface area (Å²) in [5.41, 5.74) is 3.85. The summed E-state index contributed by atoms with van der Waals surface area (Å²) in [6, 6.07) is 9.45. The number of aryl methyl sites for hydroxylation is 3. The van der Waals surface area contributed by atoms with Crippen molar-refractivity contribution in [1.29, 1.82) is 0 Å². The van der Waals surface area contributed by atoms with Gasteiger partial charge in [0.05, 0.1) is 16.7 Å². The Labute approximate surface area is 175 Å². The van der Waals surface area contributed by atoms with Gasteiger partial charge in [-0.2, -0.15) is 11.8 Å². The fraction of sp³-hybridized carbons (Fsp3) is 0.381. The maximum absolute atomic E-state index is 12.6. The molecular formula is C21H22N4O2S2. The van der Waals surface area contributed by atoms with Gasteiger partial charge < -0.3 is 4.98 Å². The molecule has 0 atom stereocenters. The van der Waals surface area contributed by atoms with Crippen LogP contribution in [0.3, 0.4) is 0 Å². The van der Waals surface area contributed by atoms with E-state index in [2.05, 4.69) is 4.98 Å². The first-order valence-corrected chi connectivity index (χ1v) is 12.0. The number of para-hydroxylation sites is 2. The van der Waals surface area contributed by atoms with E-state index >= 15 is 0 Å². The van der Waals surface area contributed by atoms with Crippen LogP contribution in [-0.4, -0.2) is 24.7 Å². The molecule has 6 nitrogen and oxygen atoms in total. The van der Waals surface area contributed by atoms with Crippen molar-refractivity contribution >= 4 is 39.1 Å². The fourth-order valence-electron chi connectivity index (χ4n) is 4.05. The molecule has 0 saturated carbocycles. The lowest BCUT2D eigenvalue weighted by atomic mass is 10.0. The van der Waals surface area contributed by atoms with Gasteiger partial charge in [0.1, 0.15) is 0 Å². The molecule has 3 heterocycles. The van der Waals surface area contributed by atoms with E-state index in [1.807, 2.05) is 28.7 Å². The minimum atomic E-state index is -0.0574. The molecule has 1 aliphatic rings. The number of rotatable bonds is 6. The molecule has 150 valence electrons. The summed E-state index contributed by atoms with van der Waals surface area (Å²) in [6.45, 7) is 0.683. The Bertz CT molecular complexity index is 1300. The van der Waals surface area contributed by atoms with Crippen LogP contribution in [0.2, 0.25) is 0 Å². The first-order valence-electron chi connectivity index (χ1n) is 9.99. The van der Waals surface area contributed by atoms with Gasteiger partial charge in [-0.3, -0.25) is 13.8 Å². The molecule has 1 aliphatic carbocycles. The predicted octanol–water partition coefficient (Wildman–Crippen LogP) is 3.60. The number of hydrogen-bond acceptors (Lipinski definition) is 5. The van der Waals surface area contributed by atoms with Gasteiger partial charge in [-0.05, 0) is 50.0 Å². The molecule has 0 saturated heterocycles. The second kappa shape index (κ2) is 7.84. The number of imidazole rings is 1. The number of thioether (sulfide) groups is 1. The van der Waals surface area contributed by atoms with Crippen LogP contribution in [0.1, 0.15) is 35.5 Å². The van der Waals surface area contributed by atoms with E-state index in [0.29, 0.717) is 6.54 Å². The Balaban J connectivity index is 1.23. The lowest BCUT2D eigenvalue weighted by Crippen LogP contribution is -2.18. The second-order valence-electron chi connectivity index (χ2n) is 7.39. The number of aromatic amines is 1. The van der Waals surface area contributed by atoms with Gasteiger partial charge in [-0.1, -0.05) is 12.1 Å². The quantitative estimate of drug-likeness (QED) is 0.478. The molecule has 4 aromatic rings. The molecule has 0 fully saturated rings. The molecule has 1 aromatic carbocycles. The summed E-state index contributed by atoms with van der Waals surface area (Å²) >= 11 is 3.43. The van der Waals surface area contributed by atoms with Crippen LogP contribution in [0.4, 0.5) is 0 Å². The minimum absolute atomic E-state index is 0.0512. The normalized spacial score (nSPS) is 13.9. The largest absolute Gasteiger partial charge is 0.326 e. The molecule has 0 aliphatic heterocycles. The van der Waals surface area contributed by atoms with Crippen molar-refractivity contribution in [1.82, 2.24) is 18.9 Å². The average Bonchev–Trinajstić information content (AvgIpc) is 3.25. The van der Waals surface area contributed by atoms with Gasteiger partial charge in [0.15, 0.2) is 4.96 Å². The van der Waals surface area contributed by atoms with Crippen LogP contribution in [0.25, 0.3) is 16.0 Å². The number of H-pyrrole nitrogens is 1. The molecule has 0 bridgehead atoms. The predicted molar refractivity (Wildman–Crippen MR) is 119 cm³/mol. The van der Waals surface area contributed by atoms with Crippen LogP contribution >= 0.6 is 23.1 Å². The third-order valence-electron chi connectivity index (χ3n) is 5.42. The third kappa shape index (κ3) is 3.55. The number of fused-ring (bicyclic) bond motifs is 4. The number of benzene rings is 1. The number of aromatic nitrogens is 4. The van der Waals surface area contributed by atoms with Gasteiger partial charge in [0.25, 0.3) is 5.56 Å². The number of nitrogens with zero attached hydrogens (tertiary/aromatic N) is 3. The smallest absolute Gasteiger partial charge is 0.306 e. The van der Waals surface area contributed by atoms with E-state index < -0.39 is 0 Å². The fourth-order valence-corrected chi connectivity index (χ4v) is 6.11. The van der Waals surface area contributed by atoms with E-state index in [1.165, 1.54) is 17.0 Å². The van der Waals surface area contributed by atoms with E-state index in [-0.39, 0.29) is 11.2 Å². The molecule has 3 aromatic heterocycles. The molecule has 0 spiro atoms. The molecule has 0 amide bonds. The third-order valence-corrected chi connectivity index (χ3v) is 7.64. The maximum Gasteiger partial charge on any atom is 0.326 e. The first-order chi connectivity index (χ1) is 14.2. The zero-order chi connectivity index (χ0) is 19.8. The van der Waals surface area contributed by atoms with Gasteiger partial charge in [0, 0.05) is 28.9 Å². The molecule has 29 heavy (non-hydrogen) atoms. The van der Waals surface area contributed by atoms with E-state index in [1.54, 1.807) is 33.7 Å². The van der Waals surface area contributed by atoms with Crippen LogP contribution in [0.15, 0.2) is 39.9 Å². The van der Waals surface area contributed by atoms with Crippen LogP contribution in [0.5, 0.6) is 0 Å². The van der Waals surface area contributed by atoms with Gasteiger partial charge in [0.2, 0.25) is 0 Å². The van der Waals surface area contributed by atoms with Crippen LogP contribution in [-0.2, 0) is 25.1 Å². The van der Waals surface area contributed by atoms with Crippen molar-refractivity contribution < 1.29 is 0 Å². The highest BCUT2D eigenvalue weighted by molar-refractivity contribution is 7.98. The van der Waals surface area contributed by atoms with Crippen molar-refractivity contribution in [3.63, 3.8) is 0 Å². The first kappa shape index (κ1) is 18.7. The van der Waals surface area contributed by atoms with Crippen molar-refractivity contribution in [2.75, 3.05) is 5.75 Å². The molecule has 5 rings (SSSR count). The zero-order valence-corrected chi connectivity index (χ0v) is 17.7. The Kier molecular flexibility index (Phi) is 5.05. The summed E-state index contributed by atoms with van der Waals surface area (Å²) in [7, 11) is 0. The van der Waals surface area contributed by atoms with Gasteiger partial charge >= 0.3 is 5.69 Å². The van der Waals surface area contributed by atoms with Gasteiger partial charge in [-0.15, -0.1) is 11.3 Å². The molecule has 1 N–H and O–H groups in total. The van der Waals surface area contributed by atoms with Gasteiger partial charge in [-0.25, -0.2) is 9.78 Å². The van der Waals surface area contributed by atoms with Crippen LogP contribution < -0.4 is 11.2 Å². The van der Waals surface area contributed by atoms with E-state index in [4.69, 9.17) is 4.98 Å². The summed E-state index contributed by atoms with van der Waals surface area (Å²) in [5, 5.41) is 0. The lowest BCUT2D eigenvalue weighted by molar-refractivity contribution is 0.670. The summed E-state index contributed by atoms with van der Waals surface area (Å²) in [5.74, 6) is 1.63. The van der Waals surface area contributed by atoms with E-state index in [0.717, 1.165) is 58.9 Å². The Morgan fingerprint density at radius 1 is 1.17 bits per heavy atom. The average molecular weight is 427 g/mol. The van der Waals surface area contributed by atoms with Crippen molar-refractivity contribution in [3.05, 3.63) is 67.4 Å². The van der Waals surface area contributed by atoms with Crippen molar-refractivity contribution in [3.8, 4) is 0 Å². The number of nitrogens with one attached hydrogen (secondary N) is 1. The Morgan fingerprint density at radius 3 is 2.97 bits per heavy atom. The van der Waals surface area contributed by atoms with Crippen LogP contribution in [0, 0.1) is 0 Å². The molecular weight excluding hydrogens is 404 g/mol. The highest BCUT2D eigenvalue weighted by Gasteiger charge is 2.18. The standard InChI is InChI=1S/C21H22N4O2S2/c26-19-12-14(22-21-25(19)17-8-3-4-9-18(17)29-21)13-28-11-5-10-24-16-7-2-1-6-15(16)23-20(24)27/h1-2,6-7,12H,3-5,8-11,13H2,(H,23,27). The Morgan fingerprint density at radius 2 is 2.03 bits per heavy atom.